The molecule has 0 aliphatic rings. The second-order valence-corrected chi connectivity index (χ2v) is 5.63. The van der Waals surface area contributed by atoms with E-state index in [1.54, 1.807) is 6.26 Å². The predicted octanol–water partition coefficient (Wildman–Crippen LogP) is 4.88. The third kappa shape index (κ3) is 2.81. The molecule has 0 amide bonds. The number of furan rings is 1. The molecule has 0 aliphatic carbocycles. The average Bonchev–Trinajstić information content (AvgIpc) is 2.70. The SMILES string of the molecule is Cc1ccc(CC(Br)c2ccoc2C)cc1C. The lowest BCUT2D eigenvalue weighted by atomic mass is 10.0. The monoisotopic (exact) mass is 292 g/mol. The van der Waals surface area contributed by atoms with E-state index in [1.165, 1.54) is 22.3 Å². The van der Waals surface area contributed by atoms with Crippen LogP contribution >= 0.6 is 15.9 Å². The Balaban J connectivity index is 2.16. The Morgan fingerprint density at radius 3 is 2.47 bits per heavy atom. The Kier molecular flexibility index (Phi) is 3.72. The Morgan fingerprint density at radius 1 is 1.12 bits per heavy atom. The van der Waals surface area contributed by atoms with Crippen LogP contribution in [-0.4, -0.2) is 0 Å². The summed E-state index contributed by atoms with van der Waals surface area (Å²) in [6.45, 7) is 6.31. The Morgan fingerprint density at radius 2 is 1.88 bits per heavy atom. The summed E-state index contributed by atoms with van der Waals surface area (Å²) >= 11 is 3.74. The summed E-state index contributed by atoms with van der Waals surface area (Å²) in [4.78, 5) is 0.323. The van der Waals surface area contributed by atoms with E-state index in [1.807, 2.05) is 13.0 Å². The maximum absolute atomic E-state index is 5.34. The highest BCUT2D eigenvalue weighted by Gasteiger charge is 2.13. The molecular formula is C15H17BrO. The zero-order valence-corrected chi connectivity index (χ0v) is 12.0. The number of hydrogen-bond acceptors (Lipinski definition) is 1. The largest absolute Gasteiger partial charge is 0.469 e. The zero-order chi connectivity index (χ0) is 12.4. The van der Waals surface area contributed by atoms with E-state index in [2.05, 4.69) is 48.0 Å². The van der Waals surface area contributed by atoms with Crippen molar-refractivity contribution in [2.24, 2.45) is 0 Å². The molecule has 1 atom stereocenters. The molecular weight excluding hydrogens is 276 g/mol. The number of alkyl halides is 1. The van der Waals surface area contributed by atoms with Gasteiger partial charge in [-0.2, -0.15) is 0 Å². The van der Waals surface area contributed by atoms with Gasteiger partial charge in [0.25, 0.3) is 0 Å². The van der Waals surface area contributed by atoms with Crippen molar-refractivity contribution in [1.29, 1.82) is 0 Å². The molecule has 2 heteroatoms. The molecule has 0 spiro atoms. The molecule has 0 N–H and O–H groups in total. The van der Waals surface area contributed by atoms with Gasteiger partial charge in [0.05, 0.1) is 6.26 Å². The first-order valence-corrected chi connectivity index (χ1v) is 6.73. The number of aryl methyl sites for hydroxylation is 3. The second-order valence-electron chi connectivity index (χ2n) is 4.52. The van der Waals surface area contributed by atoms with Gasteiger partial charge in [-0.05, 0) is 49.9 Å². The summed E-state index contributed by atoms with van der Waals surface area (Å²) in [5.74, 6) is 0.996. The van der Waals surface area contributed by atoms with Gasteiger partial charge in [0.1, 0.15) is 5.76 Å². The van der Waals surface area contributed by atoms with Crippen LogP contribution in [-0.2, 0) is 6.42 Å². The van der Waals surface area contributed by atoms with E-state index < -0.39 is 0 Å². The van der Waals surface area contributed by atoms with E-state index in [-0.39, 0.29) is 0 Å². The fourth-order valence-corrected chi connectivity index (χ4v) is 2.82. The lowest BCUT2D eigenvalue weighted by Crippen LogP contribution is -1.96. The first kappa shape index (κ1) is 12.4. The van der Waals surface area contributed by atoms with Crippen LogP contribution in [0.1, 0.15) is 32.8 Å². The lowest BCUT2D eigenvalue weighted by Gasteiger charge is -2.10. The van der Waals surface area contributed by atoms with Crippen molar-refractivity contribution in [1.82, 2.24) is 0 Å². The standard InChI is InChI=1S/C15H17BrO/c1-10-4-5-13(8-11(10)2)9-15(16)14-6-7-17-12(14)3/h4-8,15H,9H2,1-3H3. The van der Waals surface area contributed by atoms with Gasteiger partial charge in [0.15, 0.2) is 0 Å². The van der Waals surface area contributed by atoms with Crippen LogP contribution in [0.25, 0.3) is 0 Å². The van der Waals surface area contributed by atoms with Crippen LogP contribution in [0.15, 0.2) is 34.9 Å². The van der Waals surface area contributed by atoms with Gasteiger partial charge < -0.3 is 4.42 Å². The van der Waals surface area contributed by atoms with Gasteiger partial charge in [0.2, 0.25) is 0 Å². The fourth-order valence-electron chi connectivity index (χ4n) is 1.97. The second kappa shape index (κ2) is 5.09. The zero-order valence-electron chi connectivity index (χ0n) is 10.5. The van der Waals surface area contributed by atoms with Crippen molar-refractivity contribution in [3.05, 3.63) is 58.5 Å². The average molecular weight is 293 g/mol. The maximum atomic E-state index is 5.34. The van der Waals surface area contributed by atoms with E-state index in [9.17, 15) is 0 Å². The quantitative estimate of drug-likeness (QED) is 0.735. The number of halogens is 1. The van der Waals surface area contributed by atoms with Gasteiger partial charge >= 0.3 is 0 Å². The summed E-state index contributed by atoms with van der Waals surface area (Å²) in [5, 5.41) is 0. The molecule has 0 saturated heterocycles. The van der Waals surface area contributed by atoms with Gasteiger partial charge in [-0.25, -0.2) is 0 Å². The molecule has 0 radical (unpaired) electrons. The molecule has 0 bridgehead atoms. The summed E-state index contributed by atoms with van der Waals surface area (Å²) in [6.07, 6.45) is 2.74. The van der Waals surface area contributed by atoms with Crippen LogP contribution in [0, 0.1) is 20.8 Å². The molecule has 1 unspecified atom stereocenters. The summed E-state index contributed by atoms with van der Waals surface area (Å²) in [5.41, 5.74) is 5.30. The van der Waals surface area contributed by atoms with Crippen molar-refractivity contribution >= 4 is 15.9 Å². The van der Waals surface area contributed by atoms with E-state index >= 15 is 0 Å². The summed E-state index contributed by atoms with van der Waals surface area (Å²) < 4.78 is 5.34. The topological polar surface area (TPSA) is 13.1 Å². The molecule has 2 aromatic rings. The minimum atomic E-state index is 0.323. The van der Waals surface area contributed by atoms with Crippen LogP contribution in [0.5, 0.6) is 0 Å². The molecule has 0 aliphatic heterocycles. The first-order valence-electron chi connectivity index (χ1n) is 5.82. The molecule has 1 aromatic heterocycles. The molecule has 2 rings (SSSR count). The highest BCUT2D eigenvalue weighted by molar-refractivity contribution is 9.09. The van der Waals surface area contributed by atoms with Crippen molar-refractivity contribution in [2.45, 2.75) is 32.0 Å². The van der Waals surface area contributed by atoms with E-state index in [0.717, 1.165) is 12.2 Å². The Labute approximate surface area is 111 Å². The van der Waals surface area contributed by atoms with Crippen LogP contribution < -0.4 is 0 Å². The molecule has 1 heterocycles. The van der Waals surface area contributed by atoms with Gasteiger partial charge in [-0.3, -0.25) is 0 Å². The third-order valence-corrected chi connectivity index (χ3v) is 4.04. The number of benzene rings is 1. The normalized spacial score (nSPS) is 12.7. The smallest absolute Gasteiger partial charge is 0.105 e. The molecule has 0 saturated carbocycles. The molecule has 17 heavy (non-hydrogen) atoms. The molecule has 1 aromatic carbocycles. The van der Waals surface area contributed by atoms with E-state index in [0.29, 0.717) is 4.83 Å². The van der Waals surface area contributed by atoms with Crippen molar-refractivity contribution < 1.29 is 4.42 Å². The lowest BCUT2D eigenvalue weighted by molar-refractivity contribution is 0.529. The van der Waals surface area contributed by atoms with Crippen molar-refractivity contribution in [3.8, 4) is 0 Å². The third-order valence-electron chi connectivity index (χ3n) is 3.22. The van der Waals surface area contributed by atoms with Gasteiger partial charge in [-0.15, -0.1) is 0 Å². The number of hydrogen-bond donors (Lipinski definition) is 0. The maximum Gasteiger partial charge on any atom is 0.105 e. The Hall–Kier alpha value is -1.02. The van der Waals surface area contributed by atoms with Gasteiger partial charge in [-0.1, -0.05) is 34.1 Å². The summed E-state index contributed by atoms with van der Waals surface area (Å²) in [7, 11) is 0. The molecule has 90 valence electrons. The summed E-state index contributed by atoms with van der Waals surface area (Å²) in [6, 6.07) is 8.69. The van der Waals surface area contributed by atoms with Gasteiger partial charge in [0, 0.05) is 10.4 Å². The van der Waals surface area contributed by atoms with Crippen LogP contribution in [0.4, 0.5) is 0 Å². The minimum absolute atomic E-state index is 0.323. The molecule has 0 fully saturated rings. The van der Waals surface area contributed by atoms with Crippen molar-refractivity contribution in [2.75, 3.05) is 0 Å². The fraction of sp³-hybridized carbons (Fsp3) is 0.333. The predicted molar refractivity (Wildman–Crippen MR) is 74.7 cm³/mol. The molecule has 1 nitrogen and oxygen atoms in total. The van der Waals surface area contributed by atoms with Crippen molar-refractivity contribution in [3.63, 3.8) is 0 Å². The highest BCUT2D eigenvalue weighted by atomic mass is 79.9. The highest BCUT2D eigenvalue weighted by Crippen LogP contribution is 2.30. The number of rotatable bonds is 3. The Bertz CT molecular complexity index is 513. The minimum Gasteiger partial charge on any atom is -0.469 e. The van der Waals surface area contributed by atoms with Crippen LogP contribution in [0.3, 0.4) is 0 Å². The van der Waals surface area contributed by atoms with Crippen LogP contribution in [0.2, 0.25) is 0 Å². The van der Waals surface area contributed by atoms with E-state index in [4.69, 9.17) is 4.42 Å². The first-order chi connectivity index (χ1) is 8.08.